The predicted molar refractivity (Wildman–Crippen MR) is 136 cm³/mol. The number of pyridine rings is 1. The van der Waals surface area contributed by atoms with E-state index in [1.54, 1.807) is 39.3 Å². The molecule has 9 heteroatoms. The Morgan fingerprint density at radius 1 is 0.943 bits per heavy atom. The van der Waals surface area contributed by atoms with Crippen molar-refractivity contribution in [1.82, 2.24) is 19.7 Å². The number of hydrogen-bond donors (Lipinski definition) is 0. The minimum Gasteiger partial charge on any atom is -0.494 e. The molecule has 0 aliphatic carbocycles. The Bertz CT molecular complexity index is 1240. The molecule has 0 aliphatic rings. The van der Waals surface area contributed by atoms with E-state index in [2.05, 4.69) is 28.2 Å². The summed E-state index contributed by atoms with van der Waals surface area (Å²) in [6.45, 7) is 4.69. The van der Waals surface area contributed by atoms with Crippen LogP contribution in [0.2, 0.25) is 0 Å². The fraction of sp³-hybridized carbons (Fsp3) is 0.269. The van der Waals surface area contributed by atoms with Gasteiger partial charge in [-0.1, -0.05) is 17.8 Å². The molecule has 0 N–H and O–H groups in total. The third kappa shape index (κ3) is 5.19. The molecule has 4 rings (SSSR count). The maximum atomic E-state index is 5.63. The second-order valence-corrected chi connectivity index (χ2v) is 8.84. The van der Waals surface area contributed by atoms with Crippen LogP contribution in [0.15, 0.2) is 66.1 Å². The average Bonchev–Trinajstić information content (AvgIpc) is 3.32. The van der Waals surface area contributed by atoms with E-state index in [1.807, 2.05) is 60.2 Å². The molecule has 0 saturated carbocycles. The number of benzene rings is 2. The van der Waals surface area contributed by atoms with Crippen LogP contribution in [0.5, 0.6) is 23.0 Å². The molecule has 0 aliphatic heterocycles. The van der Waals surface area contributed by atoms with Gasteiger partial charge in [-0.3, -0.25) is 9.55 Å². The van der Waals surface area contributed by atoms with Crippen molar-refractivity contribution in [3.8, 4) is 40.1 Å². The van der Waals surface area contributed by atoms with Crippen LogP contribution in [0.1, 0.15) is 24.7 Å². The van der Waals surface area contributed by atoms with Gasteiger partial charge in [-0.2, -0.15) is 0 Å². The van der Waals surface area contributed by atoms with Crippen LogP contribution in [0.3, 0.4) is 0 Å². The van der Waals surface area contributed by atoms with Crippen molar-refractivity contribution in [2.75, 3.05) is 27.9 Å². The molecule has 4 aromatic rings. The van der Waals surface area contributed by atoms with Gasteiger partial charge in [0.25, 0.3) is 0 Å². The molecule has 1 atom stereocenters. The molecule has 0 radical (unpaired) electrons. The van der Waals surface area contributed by atoms with Gasteiger partial charge >= 0.3 is 0 Å². The maximum absolute atomic E-state index is 5.63. The van der Waals surface area contributed by atoms with Crippen LogP contribution < -0.4 is 18.9 Å². The van der Waals surface area contributed by atoms with Crippen LogP contribution in [-0.2, 0) is 0 Å². The largest absolute Gasteiger partial charge is 0.494 e. The predicted octanol–water partition coefficient (Wildman–Crippen LogP) is 5.61. The summed E-state index contributed by atoms with van der Waals surface area (Å²) in [5.74, 6) is 3.05. The summed E-state index contributed by atoms with van der Waals surface area (Å²) >= 11 is 1.61. The second kappa shape index (κ2) is 11.1. The Labute approximate surface area is 209 Å². The van der Waals surface area contributed by atoms with Gasteiger partial charge in [0.1, 0.15) is 5.75 Å². The van der Waals surface area contributed by atoms with Gasteiger partial charge < -0.3 is 18.9 Å². The quantitative estimate of drug-likeness (QED) is 0.264. The first kappa shape index (κ1) is 24.4. The van der Waals surface area contributed by atoms with Gasteiger partial charge in [-0.05, 0) is 61.9 Å². The Balaban J connectivity index is 1.83. The second-order valence-electron chi connectivity index (χ2n) is 7.53. The summed E-state index contributed by atoms with van der Waals surface area (Å²) in [5.41, 5.74) is 2.79. The van der Waals surface area contributed by atoms with Crippen LogP contribution in [0.4, 0.5) is 0 Å². The molecule has 2 aromatic heterocycles. The molecule has 182 valence electrons. The lowest BCUT2D eigenvalue weighted by atomic mass is 10.1. The minimum absolute atomic E-state index is 0.113. The van der Waals surface area contributed by atoms with Gasteiger partial charge in [-0.25, -0.2) is 0 Å². The Hall–Kier alpha value is -3.72. The third-order valence-electron chi connectivity index (χ3n) is 5.40. The monoisotopic (exact) mass is 492 g/mol. The zero-order valence-electron chi connectivity index (χ0n) is 20.4. The van der Waals surface area contributed by atoms with Crippen molar-refractivity contribution in [3.05, 3.63) is 66.5 Å². The number of aromatic nitrogens is 4. The van der Waals surface area contributed by atoms with Gasteiger partial charge in [0.15, 0.2) is 22.5 Å². The molecular weight excluding hydrogens is 464 g/mol. The smallest absolute Gasteiger partial charge is 0.203 e. The lowest BCUT2D eigenvalue weighted by Gasteiger charge is -2.16. The van der Waals surface area contributed by atoms with Crippen LogP contribution in [0, 0.1) is 0 Å². The van der Waals surface area contributed by atoms with Crippen molar-refractivity contribution < 1.29 is 18.9 Å². The molecule has 0 spiro atoms. The summed E-state index contributed by atoms with van der Waals surface area (Å²) in [7, 11) is 4.77. The van der Waals surface area contributed by atoms with Crippen LogP contribution >= 0.6 is 11.8 Å². The zero-order valence-corrected chi connectivity index (χ0v) is 21.2. The average molecular weight is 493 g/mol. The van der Waals surface area contributed by atoms with E-state index in [1.165, 1.54) is 0 Å². The highest BCUT2D eigenvalue weighted by Gasteiger charge is 2.22. The summed E-state index contributed by atoms with van der Waals surface area (Å²) in [6.07, 6.45) is 3.64. The minimum atomic E-state index is 0.113. The van der Waals surface area contributed by atoms with E-state index < -0.39 is 0 Å². The molecule has 2 aromatic carbocycles. The standard InChI is InChI=1S/C26H28N4O4S/c1-6-34-21-11-9-20(10-12-21)30-25(19-14-22(31-3)24(33-5)23(15-19)32-4)28-29-26(30)35-17(2)18-8-7-13-27-16-18/h7-17H,6H2,1-5H3. The van der Waals surface area contributed by atoms with E-state index in [4.69, 9.17) is 18.9 Å². The fourth-order valence-corrected chi connectivity index (χ4v) is 4.65. The fourth-order valence-electron chi connectivity index (χ4n) is 3.68. The molecule has 8 nitrogen and oxygen atoms in total. The van der Waals surface area contributed by atoms with E-state index in [0.29, 0.717) is 29.7 Å². The number of thioether (sulfide) groups is 1. The first-order chi connectivity index (χ1) is 17.1. The summed E-state index contributed by atoms with van der Waals surface area (Å²) in [5, 5.41) is 9.98. The third-order valence-corrected chi connectivity index (χ3v) is 6.50. The van der Waals surface area contributed by atoms with E-state index in [-0.39, 0.29) is 5.25 Å². The summed E-state index contributed by atoms with van der Waals surface area (Å²) < 4.78 is 24.3. The Morgan fingerprint density at radius 3 is 2.23 bits per heavy atom. The first-order valence-electron chi connectivity index (χ1n) is 11.1. The van der Waals surface area contributed by atoms with E-state index >= 15 is 0 Å². The molecule has 0 amide bonds. The number of ether oxygens (including phenoxy) is 4. The van der Waals surface area contributed by atoms with Crippen molar-refractivity contribution >= 4 is 11.8 Å². The van der Waals surface area contributed by atoms with Gasteiger partial charge in [-0.15, -0.1) is 10.2 Å². The maximum Gasteiger partial charge on any atom is 0.203 e. The van der Waals surface area contributed by atoms with Crippen LogP contribution in [-0.4, -0.2) is 47.7 Å². The first-order valence-corrected chi connectivity index (χ1v) is 12.0. The molecule has 0 bridgehead atoms. The number of nitrogens with zero attached hydrogens (tertiary/aromatic N) is 4. The highest BCUT2D eigenvalue weighted by molar-refractivity contribution is 7.99. The van der Waals surface area contributed by atoms with E-state index in [9.17, 15) is 0 Å². The molecule has 1 unspecified atom stereocenters. The molecule has 35 heavy (non-hydrogen) atoms. The highest BCUT2D eigenvalue weighted by Crippen LogP contribution is 2.43. The lowest BCUT2D eigenvalue weighted by Crippen LogP contribution is -2.02. The van der Waals surface area contributed by atoms with Gasteiger partial charge in [0, 0.05) is 28.9 Å². The van der Waals surface area contributed by atoms with Crippen molar-refractivity contribution in [2.24, 2.45) is 0 Å². The van der Waals surface area contributed by atoms with Crippen molar-refractivity contribution in [1.29, 1.82) is 0 Å². The molecule has 0 fully saturated rings. The topological polar surface area (TPSA) is 80.5 Å². The van der Waals surface area contributed by atoms with Crippen molar-refractivity contribution in [2.45, 2.75) is 24.3 Å². The van der Waals surface area contributed by atoms with Gasteiger partial charge in [0.05, 0.1) is 27.9 Å². The number of hydrogen-bond acceptors (Lipinski definition) is 8. The Kier molecular flexibility index (Phi) is 7.77. The summed E-state index contributed by atoms with van der Waals surface area (Å²) in [6, 6.07) is 15.6. The van der Waals surface area contributed by atoms with E-state index in [0.717, 1.165) is 27.7 Å². The molecule has 2 heterocycles. The van der Waals surface area contributed by atoms with Crippen LogP contribution in [0.25, 0.3) is 17.1 Å². The highest BCUT2D eigenvalue weighted by atomic mass is 32.2. The molecular formula is C26H28N4O4S. The van der Waals surface area contributed by atoms with Gasteiger partial charge in [0.2, 0.25) is 5.75 Å². The lowest BCUT2D eigenvalue weighted by molar-refractivity contribution is 0.324. The summed E-state index contributed by atoms with van der Waals surface area (Å²) in [4.78, 5) is 4.25. The SMILES string of the molecule is CCOc1ccc(-n2c(SC(C)c3cccnc3)nnc2-c2cc(OC)c(OC)c(OC)c2)cc1. The molecule has 0 saturated heterocycles. The Morgan fingerprint density at radius 2 is 1.66 bits per heavy atom. The zero-order chi connectivity index (χ0) is 24.8. The normalized spacial score (nSPS) is 11.7. The number of rotatable bonds is 10. The number of methoxy groups -OCH3 is 3. The van der Waals surface area contributed by atoms with Crippen molar-refractivity contribution in [3.63, 3.8) is 0 Å².